The number of esters is 1. The zero-order chi connectivity index (χ0) is 19.7. The average molecular weight is 397 g/mol. The van der Waals surface area contributed by atoms with Gasteiger partial charge in [0, 0.05) is 11.0 Å². The van der Waals surface area contributed by atoms with Gasteiger partial charge in [0.15, 0.2) is 0 Å². The van der Waals surface area contributed by atoms with E-state index in [9.17, 15) is 22.0 Å². The number of ether oxygens (including phenoxy) is 2. The molecule has 0 aromatic heterocycles. The van der Waals surface area contributed by atoms with E-state index < -0.39 is 29.1 Å². The molecule has 2 rings (SSSR count). The number of sulfonamides is 1. The maximum Gasteiger partial charge on any atom is 0.387 e. The molecule has 0 atom stereocenters. The Morgan fingerprint density at radius 3 is 2.44 bits per heavy atom. The summed E-state index contributed by atoms with van der Waals surface area (Å²) in [5, 5.41) is 0.932. The van der Waals surface area contributed by atoms with Crippen LogP contribution in [0.2, 0.25) is 0 Å². The summed E-state index contributed by atoms with van der Waals surface area (Å²) in [5.41, 5.74) is 0.916. The summed E-state index contributed by atoms with van der Waals surface area (Å²) in [6, 6.07) is 14.6. The number of hydrogen-bond acceptors (Lipinski definition) is 5. The van der Waals surface area contributed by atoms with Crippen molar-refractivity contribution in [2.75, 3.05) is 6.54 Å². The van der Waals surface area contributed by atoms with Gasteiger partial charge in [-0.25, -0.2) is 13.1 Å². The van der Waals surface area contributed by atoms with Gasteiger partial charge in [0.25, 0.3) is 0 Å². The van der Waals surface area contributed by atoms with Crippen molar-refractivity contribution in [3.8, 4) is 5.75 Å². The summed E-state index contributed by atoms with van der Waals surface area (Å²) in [5.74, 6) is -0.981. The Balaban J connectivity index is 1.85. The molecule has 0 fully saturated rings. The number of hydrogen-bond donors (Lipinski definition) is 1. The fourth-order valence-corrected chi connectivity index (χ4v) is 2.73. The summed E-state index contributed by atoms with van der Waals surface area (Å²) in [6.07, 6.45) is 1.38. The first-order valence-corrected chi connectivity index (χ1v) is 9.31. The van der Waals surface area contributed by atoms with Gasteiger partial charge in [-0.1, -0.05) is 48.5 Å². The molecule has 0 bridgehead atoms. The van der Waals surface area contributed by atoms with Gasteiger partial charge in [0.05, 0.1) is 0 Å². The summed E-state index contributed by atoms with van der Waals surface area (Å²) in [7, 11) is -3.84. The van der Waals surface area contributed by atoms with Crippen molar-refractivity contribution in [3.05, 3.63) is 71.1 Å². The van der Waals surface area contributed by atoms with Gasteiger partial charge < -0.3 is 9.47 Å². The Kier molecular flexibility index (Phi) is 7.44. The highest BCUT2D eigenvalue weighted by Crippen LogP contribution is 2.20. The monoisotopic (exact) mass is 397 g/mol. The second-order valence-electron chi connectivity index (χ2n) is 5.23. The van der Waals surface area contributed by atoms with Gasteiger partial charge in [-0.3, -0.25) is 4.79 Å². The molecule has 27 heavy (non-hydrogen) atoms. The number of rotatable bonds is 9. The highest BCUT2D eigenvalue weighted by Gasteiger charge is 2.13. The molecule has 0 saturated carbocycles. The SMILES string of the molecule is O=C(CNS(=O)(=O)/C=C/c1ccccc1)OCc1ccccc1OC(F)F. The summed E-state index contributed by atoms with van der Waals surface area (Å²) < 4.78 is 59.7. The van der Waals surface area contributed by atoms with Crippen molar-refractivity contribution >= 4 is 22.1 Å². The van der Waals surface area contributed by atoms with Crippen LogP contribution in [0.1, 0.15) is 11.1 Å². The van der Waals surface area contributed by atoms with Crippen LogP contribution in [-0.4, -0.2) is 27.5 Å². The fourth-order valence-electron chi connectivity index (χ4n) is 1.98. The highest BCUT2D eigenvalue weighted by atomic mass is 32.2. The number of alkyl halides is 2. The van der Waals surface area contributed by atoms with E-state index in [1.54, 1.807) is 36.4 Å². The minimum absolute atomic E-state index is 0.119. The Bertz CT molecular complexity index is 886. The molecule has 2 aromatic rings. The fraction of sp³-hybridized carbons (Fsp3) is 0.167. The van der Waals surface area contributed by atoms with Gasteiger partial charge in [-0.05, 0) is 17.7 Å². The minimum atomic E-state index is -3.84. The maximum atomic E-state index is 12.3. The molecule has 2 aromatic carbocycles. The van der Waals surface area contributed by atoms with E-state index in [-0.39, 0.29) is 17.9 Å². The van der Waals surface area contributed by atoms with Crippen molar-refractivity contribution in [1.29, 1.82) is 0 Å². The first-order chi connectivity index (χ1) is 12.9. The van der Waals surface area contributed by atoms with Gasteiger partial charge in [-0.2, -0.15) is 8.78 Å². The molecule has 6 nitrogen and oxygen atoms in total. The van der Waals surface area contributed by atoms with E-state index in [4.69, 9.17) is 4.74 Å². The lowest BCUT2D eigenvalue weighted by atomic mass is 10.2. The van der Waals surface area contributed by atoms with Gasteiger partial charge in [-0.15, -0.1) is 0 Å². The maximum absolute atomic E-state index is 12.3. The molecule has 0 heterocycles. The molecule has 0 spiro atoms. The number of benzene rings is 2. The number of carbonyl (C=O) groups is 1. The second-order valence-corrected chi connectivity index (χ2v) is 6.88. The zero-order valence-corrected chi connectivity index (χ0v) is 14.9. The van der Waals surface area contributed by atoms with Crippen molar-refractivity contribution in [2.24, 2.45) is 0 Å². The number of halogens is 2. The average Bonchev–Trinajstić information content (AvgIpc) is 2.65. The van der Waals surface area contributed by atoms with Crippen LogP contribution < -0.4 is 9.46 Å². The first kappa shape index (κ1) is 20.5. The van der Waals surface area contributed by atoms with E-state index in [1.165, 1.54) is 24.3 Å². The molecule has 1 N–H and O–H groups in total. The molecule has 0 saturated heterocycles. The van der Waals surface area contributed by atoms with E-state index in [0.29, 0.717) is 5.56 Å². The van der Waals surface area contributed by atoms with Crippen molar-refractivity contribution in [1.82, 2.24) is 4.72 Å². The van der Waals surface area contributed by atoms with E-state index in [1.807, 2.05) is 0 Å². The van der Waals surface area contributed by atoms with Crippen LogP contribution in [0.25, 0.3) is 6.08 Å². The van der Waals surface area contributed by atoms with E-state index >= 15 is 0 Å². The van der Waals surface area contributed by atoms with Crippen LogP contribution in [0, 0.1) is 0 Å². The third kappa shape index (κ3) is 7.55. The molecule has 0 aliphatic carbocycles. The van der Waals surface area contributed by atoms with Crippen LogP contribution in [0.4, 0.5) is 8.78 Å². The lowest BCUT2D eigenvalue weighted by Gasteiger charge is -2.11. The zero-order valence-electron chi connectivity index (χ0n) is 14.0. The van der Waals surface area contributed by atoms with Gasteiger partial charge in [0.1, 0.15) is 18.9 Å². The van der Waals surface area contributed by atoms with Crippen LogP contribution >= 0.6 is 0 Å². The van der Waals surface area contributed by atoms with Gasteiger partial charge in [0.2, 0.25) is 10.0 Å². The van der Waals surface area contributed by atoms with Gasteiger partial charge >= 0.3 is 12.6 Å². The lowest BCUT2D eigenvalue weighted by Crippen LogP contribution is -2.29. The normalized spacial score (nSPS) is 11.7. The Morgan fingerprint density at radius 2 is 1.74 bits per heavy atom. The predicted octanol–water partition coefficient (Wildman–Crippen LogP) is 2.92. The second kappa shape index (κ2) is 9.79. The number of carbonyl (C=O) groups excluding carboxylic acids is 1. The van der Waals surface area contributed by atoms with Crippen LogP contribution in [0.3, 0.4) is 0 Å². The van der Waals surface area contributed by atoms with Crippen molar-refractivity contribution in [2.45, 2.75) is 13.2 Å². The molecule has 0 amide bonds. The molecule has 0 aliphatic heterocycles. The Morgan fingerprint density at radius 1 is 1.07 bits per heavy atom. The van der Waals surface area contributed by atoms with Crippen LogP contribution in [0.15, 0.2) is 60.0 Å². The third-order valence-electron chi connectivity index (χ3n) is 3.23. The summed E-state index contributed by atoms with van der Waals surface area (Å²) in [6.45, 7) is -3.94. The number of nitrogens with one attached hydrogen (secondary N) is 1. The smallest absolute Gasteiger partial charge is 0.387 e. The molecular weight excluding hydrogens is 380 g/mol. The van der Waals surface area contributed by atoms with E-state index in [0.717, 1.165) is 5.41 Å². The predicted molar refractivity (Wildman–Crippen MR) is 95.3 cm³/mol. The first-order valence-electron chi connectivity index (χ1n) is 7.77. The van der Waals surface area contributed by atoms with Crippen LogP contribution in [0.5, 0.6) is 5.75 Å². The third-order valence-corrected chi connectivity index (χ3v) is 4.28. The quantitative estimate of drug-likeness (QED) is 0.658. The molecule has 0 unspecified atom stereocenters. The molecule has 0 radical (unpaired) electrons. The molecule has 9 heteroatoms. The molecule has 144 valence electrons. The molecular formula is C18H17F2NO5S. The topological polar surface area (TPSA) is 81.7 Å². The molecule has 0 aliphatic rings. The lowest BCUT2D eigenvalue weighted by molar-refractivity contribution is -0.143. The summed E-state index contributed by atoms with van der Waals surface area (Å²) in [4.78, 5) is 11.7. The Labute approximate surface area is 155 Å². The highest BCUT2D eigenvalue weighted by molar-refractivity contribution is 7.92. The number of para-hydroxylation sites is 1. The summed E-state index contributed by atoms with van der Waals surface area (Å²) >= 11 is 0. The van der Waals surface area contributed by atoms with Crippen molar-refractivity contribution in [3.63, 3.8) is 0 Å². The minimum Gasteiger partial charge on any atom is -0.460 e. The van der Waals surface area contributed by atoms with Crippen LogP contribution in [-0.2, 0) is 26.2 Å². The van der Waals surface area contributed by atoms with Crippen molar-refractivity contribution < 1.29 is 31.5 Å². The van der Waals surface area contributed by atoms with E-state index in [2.05, 4.69) is 9.46 Å². The standard InChI is InChI=1S/C18H17F2NO5S/c19-18(20)26-16-9-5-4-8-15(16)13-25-17(22)12-21-27(23,24)11-10-14-6-2-1-3-7-14/h1-11,18,21H,12-13H2/b11-10+. The Hall–Kier alpha value is -2.78. The largest absolute Gasteiger partial charge is 0.460 e.